The van der Waals surface area contributed by atoms with Crippen molar-refractivity contribution in [3.63, 3.8) is 0 Å². The number of aromatic amines is 1. The van der Waals surface area contributed by atoms with Crippen LogP contribution in [0.15, 0.2) is 24.3 Å². The highest BCUT2D eigenvalue weighted by Gasteiger charge is 2.19. The van der Waals surface area contributed by atoms with E-state index in [0.717, 1.165) is 11.3 Å². The van der Waals surface area contributed by atoms with Gasteiger partial charge in [0.2, 0.25) is 0 Å². The van der Waals surface area contributed by atoms with Gasteiger partial charge in [0.25, 0.3) is 5.91 Å². The third kappa shape index (κ3) is 4.16. The fraction of sp³-hybridized carbons (Fsp3) is 0.353. The lowest BCUT2D eigenvalue weighted by Crippen LogP contribution is -2.40. The minimum absolute atomic E-state index is 0.0191. The second-order valence-corrected chi connectivity index (χ2v) is 5.95. The number of anilines is 2. The van der Waals surface area contributed by atoms with Gasteiger partial charge in [0.15, 0.2) is 5.82 Å². The lowest BCUT2D eigenvalue weighted by Gasteiger charge is -2.27. The Balaban J connectivity index is 1.65. The number of nitrogens with zero attached hydrogens (tertiary/aromatic N) is 2. The van der Waals surface area contributed by atoms with E-state index in [4.69, 9.17) is 4.74 Å². The number of ether oxygens (including phenoxy) is 1. The van der Waals surface area contributed by atoms with Crippen LogP contribution in [0.1, 0.15) is 21.6 Å². The van der Waals surface area contributed by atoms with E-state index in [-0.39, 0.29) is 11.9 Å². The molecule has 0 spiro atoms. The highest BCUT2D eigenvalue weighted by atomic mass is 16.5. The van der Waals surface area contributed by atoms with E-state index in [1.807, 2.05) is 13.8 Å². The van der Waals surface area contributed by atoms with Crippen LogP contribution in [0.4, 0.5) is 16.3 Å². The lowest BCUT2D eigenvalue weighted by atomic mass is 10.1. The normalized spacial score (nSPS) is 14.2. The highest BCUT2D eigenvalue weighted by Crippen LogP contribution is 2.18. The molecule has 132 valence electrons. The number of urea groups is 1. The van der Waals surface area contributed by atoms with Crippen LogP contribution in [0.25, 0.3) is 0 Å². The number of H-pyrrole nitrogens is 1. The quantitative estimate of drug-likeness (QED) is 0.795. The van der Waals surface area contributed by atoms with Crippen LogP contribution in [0.2, 0.25) is 0 Å². The second kappa shape index (κ2) is 7.35. The maximum Gasteiger partial charge on any atom is 0.324 e. The molecule has 0 radical (unpaired) electrons. The number of amides is 3. The Morgan fingerprint density at radius 3 is 2.56 bits per heavy atom. The topological polar surface area (TPSA) is 99.3 Å². The molecule has 0 saturated carbocycles. The largest absolute Gasteiger partial charge is 0.378 e. The fourth-order valence-corrected chi connectivity index (χ4v) is 2.64. The van der Waals surface area contributed by atoms with Crippen molar-refractivity contribution in [1.82, 2.24) is 15.1 Å². The smallest absolute Gasteiger partial charge is 0.324 e. The van der Waals surface area contributed by atoms with Gasteiger partial charge in [-0.2, -0.15) is 5.10 Å². The molecule has 1 aliphatic rings. The van der Waals surface area contributed by atoms with Crippen molar-refractivity contribution >= 4 is 23.4 Å². The van der Waals surface area contributed by atoms with Crippen LogP contribution in [0, 0.1) is 13.8 Å². The van der Waals surface area contributed by atoms with Crippen molar-refractivity contribution in [3.05, 3.63) is 41.1 Å². The first-order chi connectivity index (χ1) is 12.0. The lowest BCUT2D eigenvalue weighted by molar-refractivity contribution is 0.0303. The zero-order valence-corrected chi connectivity index (χ0v) is 14.3. The summed E-state index contributed by atoms with van der Waals surface area (Å²) in [5.41, 5.74) is 2.92. The molecule has 8 heteroatoms. The van der Waals surface area contributed by atoms with Crippen LogP contribution in [0.5, 0.6) is 0 Å². The van der Waals surface area contributed by atoms with Gasteiger partial charge < -0.3 is 15.0 Å². The van der Waals surface area contributed by atoms with Gasteiger partial charge in [-0.25, -0.2) is 4.79 Å². The molecular formula is C17H21N5O3. The Morgan fingerprint density at radius 1 is 1.16 bits per heavy atom. The number of morpholine rings is 1. The third-order valence-electron chi connectivity index (χ3n) is 3.97. The Labute approximate surface area is 145 Å². The molecule has 1 saturated heterocycles. The number of rotatable bonds is 3. The predicted octanol–water partition coefficient (Wildman–Crippen LogP) is 2.14. The van der Waals surface area contributed by atoms with E-state index in [2.05, 4.69) is 20.8 Å². The predicted molar refractivity (Wildman–Crippen MR) is 93.9 cm³/mol. The Bertz CT molecular complexity index is 780. The maximum absolute atomic E-state index is 12.5. The van der Waals surface area contributed by atoms with E-state index in [9.17, 15) is 9.59 Å². The van der Waals surface area contributed by atoms with Crippen molar-refractivity contribution < 1.29 is 14.3 Å². The van der Waals surface area contributed by atoms with Crippen molar-refractivity contribution in [2.45, 2.75) is 13.8 Å². The molecule has 0 bridgehead atoms. The molecule has 1 fully saturated rings. The SMILES string of the molecule is Cc1cc(NC(=O)Nc2ccc(C(=O)N3CCOCC3)cc2C)n[nH]1. The number of carbonyl (C=O) groups is 2. The molecule has 1 aromatic heterocycles. The minimum atomic E-state index is -0.387. The summed E-state index contributed by atoms with van der Waals surface area (Å²) in [7, 11) is 0. The summed E-state index contributed by atoms with van der Waals surface area (Å²) < 4.78 is 5.27. The van der Waals surface area contributed by atoms with Gasteiger partial charge in [0.1, 0.15) is 0 Å². The Hall–Kier alpha value is -2.87. The molecule has 3 rings (SSSR count). The monoisotopic (exact) mass is 343 g/mol. The van der Waals surface area contributed by atoms with Crippen molar-refractivity contribution in [1.29, 1.82) is 0 Å². The molecule has 25 heavy (non-hydrogen) atoms. The van der Waals surface area contributed by atoms with Crippen molar-refractivity contribution in [2.24, 2.45) is 0 Å². The summed E-state index contributed by atoms with van der Waals surface area (Å²) in [6.07, 6.45) is 0. The molecule has 3 N–H and O–H groups in total. The summed E-state index contributed by atoms with van der Waals surface area (Å²) in [5, 5.41) is 12.1. The van der Waals surface area contributed by atoms with Crippen LogP contribution in [0.3, 0.4) is 0 Å². The number of aryl methyl sites for hydroxylation is 2. The number of hydrogen-bond donors (Lipinski definition) is 3. The molecule has 0 atom stereocenters. The standard InChI is InChI=1S/C17H21N5O3/c1-11-9-13(16(23)22-5-7-25-8-6-22)3-4-14(11)18-17(24)19-15-10-12(2)20-21-15/h3-4,9-10H,5-8H2,1-2H3,(H3,18,19,20,21,24). The summed E-state index contributed by atoms with van der Waals surface area (Å²) in [4.78, 5) is 26.3. The maximum atomic E-state index is 12.5. The van der Waals surface area contributed by atoms with E-state index in [1.54, 1.807) is 29.2 Å². The van der Waals surface area contributed by atoms with E-state index in [1.165, 1.54) is 0 Å². The van der Waals surface area contributed by atoms with Gasteiger partial charge in [-0.1, -0.05) is 0 Å². The second-order valence-electron chi connectivity index (χ2n) is 5.95. The van der Waals surface area contributed by atoms with Gasteiger partial charge in [0, 0.05) is 36.1 Å². The minimum Gasteiger partial charge on any atom is -0.378 e. The molecular weight excluding hydrogens is 322 g/mol. The van der Waals surface area contributed by atoms with E-state index >= 15 is 0 Å². The molecule has 1 aromatic carbocycles. The first-order valence-corrected chi connectivity index (χ1v) is 8.10. The molecule has 1 aliphatic heterocycles. The summed E-state index contributed by atoms with van der Waals surface area (Å²) in [6, 6.07) is 6.59. The number of carbonyl (C=O) groups excluding carboxylic acids is 2. The van der Waals surface area contributed by atoms with Gasteiger partial charge in [-0.3, -0.25) is 15.2 Å². The number of aromatic nitrogens is 2. The number of benzene rings is 1. The van der Waals surface area contributed by atoms with Crippen molar-refractivity contribution in [2.75, 3.05) is 36.9 Å². The van der Waals surface area contributed by atoms with Crippen LogP contribution in [-0.2, 0) is 4.74 Å². The highest BCUT2D eigenvalue weighted by molar-refractivity contribution is 6.00. The molecule has 2 aromatic rings. The zero-order valence-electron chi connectivity index (χ0n) is 14.3. The number of hydrogen-bond acceptors (Lipinski definition) is 4. The van der Waals surface area contributed by atoms with Gasteiger partial charge in [0.05, 0.1) is 13.2 Å². The average molecular weight is 343 g/mol. The third-order valence-corrected chi connectivity index (χ3v) is 3.97. The molecule has 0 aliphatic carbocycles. The van der Waals surface area contributed by atoms with Crippen LogP contribution < -0.4 is 10.6 Å². The van der Waals surface area contributed by atoms with E-state index in [0.29, 0.717) is 43.4 Å². The molecule has 0 unspecified atom stereocenters. The summed E-state index contributed by atoms with van der Waals surface area (Å²) >= 11 is 0. The van der Waals surface area contributed by atoms with Crippen LogP contribution in [-0.4, -0.2) is 53.3 Å². The average Bonchev–Trinajstić information content (AvgIpc) is 3.01. The van der Waals surface area contributed by atoms with Gasteiger partial charge in [-0.05, 0) is 37.6 Å². The Morgan fingerprint density at radius 2 is 1.92 bits per heavy atom. The molecule has 8 nitrogen and oxygen atoms in total. The fourth-order valence-electron chi connectivity index (χ4n) is 2.64. The summed E-state index contributed by atoms with van der Waals surface area (Å²) in [6.45, 7) is 6.04. The van der Waals surface area contributed by atoms with Gasteiger partial charge in [-0.15, -0.1) is 0 Å². The summed E-state index contributed by atoms with van der Waals surface area (Å²) in [5.74, 6) is 0.432. The number of nitrogens with one attached hydrogen (secondary N) is 3. The zero-order chi connectivity index (χ0) is 17.8. The van der Waals surface area contributed by atoms with Crippen molar-refractivity contribution in [3.8, 4) is 0 Å². The van der Waals surface area contributed by atoms with E-state index < -0.39 is 0 Å². The molecule has 2 heterocycles. The van der Waals surface area contributed by atoms with Gasteiger partial charge >= 0.3 is 6.03 Å². The first kappa shape index (κ1) is 17.0. The molecule has 3 amide bonds. The first-order valence-electron chi connectivity index (χ1n) is 8.10. The Kier molecular flexibility index (Phi) is 4.99. The van der Waals surface area contributed by atoms with Crippen LogP contribution >= 0.6 is 0 Å².